The Balaban J connectivity index is 2.99. The molecule has 7 heteroatoms. The van der Waals surface area contributed by atoms with Gasteiger partial charge in [0.05, 0.1) is 5.69 Å². The molecule has 0 atom stereocenters. The SMILES string of the molecule is CNS(=O)(=O)Nc1ccc(Cl)cc1I. The van der Waals surface area contributed by atoms with Crippen LogP contribution in [0.5, 0.6) is 0 Å². The van der Waals surface area contributed by atoms with Gasteiger partial charge in [-0.1, -0.05) is 11.6 Å². The van der Waals surface area contributed by atoms with Crippen LogP contribution in [-0.4, -0.2) is 15.5 Å². The molecule has 14 heavy (non-hydrogen) atoms. The molecule has 0 heterocycles. The van der Waals surface area contributed by atoms with Gasteiger partial charge in [0.1, 0.15) is 0 Å². The number of anilines is 1. The van der Waals surface area contributed by atoms with Crippen LogP contribution in [0, 0.1) is 3.57 Å². The summed E-state index contributed by atoms with van der Waals surface area (Å²) in [5, 5.41) is 0.571. The van der Waals surface area contributed by atoms with Crippen LogP contribution in [0.2, 0.25) is 5.02 Å². The van der Waals surface area contributed by atoms with E-state index in [1.165, 1.54) is 7.05 Å². The number of hydrogen-bond acceptors (Lipinski definition) is 2. The molecule has 0 aromatic heterocycles. The summed E-state index contributed by atoms with van der Waals surface area (Å²) in [6.07, 6.45) is 0. The molecule has 1 rings (SSSR count). The second-order valence-electron chi connectivity index (χ2n) is 2.43. The van der Waals surface area contributed by atoms with E-state index in [1.807, 2.05) is 22.6 Å². The quantitative estimate of drug-likeness (QED) is 0.820. The molecule has 0 unspecified atom stereocenters. The van der Waals surface area contributed by atoms with Crippen LogP contribution < -0.4 is 9.44 Å². The zero-order valence-corrected chi connectivity index (χ0v) is 10.9. The summed E-state index contributed by atoms with van der Waals surface area (Å²) < 4.78 is 27.6. The average molecular weight is 347 g/mol. The van der Waals surface area contributed by atoms with Gasteiger partial charge in [0.25, 0.3) is 10.2 Å². The van der Waals surface area contributed by atoms with Crippen LogP contribution in [0.3, 0.4) is 0 Å². The molecular weight excluding hydrogens is 339 g/mol. The fourth-order valence-electron chi connectivity index (χ4n) is 0.768. The topological polar surface area (TPSA) is 58.2 Å². The monoisotopic (exact) mass is 346 g/mol. The fourth-order valence-corrected chi connectivity index (χ4v) is 2.53. The lowest BCUT2D eigenvalue weighted by molar-refractivity contribution is 0.593. The molecule has 0 saturated heterocycles. The molecule has 0 fully saturated rings. The van der Waals surface area contributed by atoms with Crippen molar-refractivity contribution in [3.05, 3.63) is 26.8 Å². The Bertz CT molecular complexity index is 435. The van der Waals surface area contributed by atoms with E-state index in [-0.39, 0.29) is 0 Å². The van der Waals surface area contributed by atoms with Crippen LogP contribution in [0.1, 0.15) is 0 Å². The first-order chi connectivity index (χ1) is 6.44. The molecule has 4 nitrogen and oxygen atoms in total. The van der Waals surface area contributed by atoms with Crippen molar-refractivity contribution in [3.63, 3.8) is 0 Å². The van der Waals surface area contributed by atoms with Gasteiger partial charge < -0.3 is 0 Å². The molecule has 2 N–H and O–H groups in total. The lowest BCUT2D eigenvalue weighted by Gasteiger charge is -2.08. The zero-order valence-electron chi connectivity index (χ0n) is 7.21. The van der Waals surface area contributed by atoms with E-state index < -0.39 is 10.2 Å². The van der Waals surface area contributed by atoms with Gasteiger partial charge in [-0.25, -0.2) is 4.72 Å². The summed E-state index contributed by atoms with van der Waals surface area (Å²) >= 11 is 7.73. The molecule has 0 aliphatic rings. The van der Waals surface area contributed by atoms with E-state index in [0.29, 0.717) is 10.7 Å². The van der Waals surface area contributed by atoms with E-state index in [2.05, 4.69) is 9.44 Å². The zero-order chi connectivity index (χ0) is 10.8. The van der Waals surface area contributed by atoms with Crippen molar-refractivity contribution in [2.45, 2.75) is 0 Å². The third-order valence-electron chi connectivity index (χ3n) is 1.44. The molecule has 0 spiro atoms. The highest BCUT2D eigenvalue weighted by molar-refractivity contribution is 14.1. The van der Waals surface area contributed by atoms with Crippen molar-refractivity contribution >= 4 is 50.1 Å². The van der Waals surface area contributed by atoms with Crippen LogP contribution in [-0.2, 0) is 10.2 Å². The largest absolute Gasteiger partial charge is 0.298 e. The van der Waals surface area contributed by atoms with Crippen LogP contribution in [0.25, 0.3) is 0 Å². The van der Waals surface area contributed by atoms with Gasteiger partial charge in [-0.05, 0) is 40.8 Å². The van der Waals surface area contributed by atoms with Crippen molar-refractivity contribution in [2.75, 3.05) is 11.8 Å². The standard InChI is InChI=1S/C7H8ClIN2O2S/c1-10-14(12,13)11-7-3-2-5(8)4-6(7)9/h2-4,10-11H,1H3. The first-order valence-electron chi connectivity index (χ1n) is 3.61. The Morgan fingerprint density at radius 3 is 2.57 bits per heavy atom. The summed E-state index contributed by atoms with van der Waals surface area (Å²) in [7, 11) is -2.12. The molecular formula is C7H8ClIN2O2S. The van der Waals surface area contributed by atoms with E-state index in [9.17, 15) is 8.42 Å². The maximum atomic E-state index is 11.1. The Hall–Kier alpha value is -0.0500. The second-order valence-corrected chi connectivity index (χ2v) is 5.65. The van der Waals surface area contributed by atoms with Gasteiger partial charge in [0.15, 0.2) is 0 Å². The Morgan fingerprint density at radius 2 is 2.07 bits per heavy atom. The molecule has 0 aliphatic carbocycles. The molecule has 0 aliphatic heterocycles. The molecule has 0 radical (unpaired) electrons. The van der Waals surface area contributed by atoms with Crippen molar-refractivity contribution in [2.24, 2.45) is 0 Å². The molecule has 0 bridgehead atoms. The average Bonchev–Trinajstić information content (AvgIpc) is 2.10. The minimum absolute atomic E-state index is 0.504. The van der Waals surface area contributed by atoms with E-state index >= 15 is 0 Å². The molecule has 0 amide bonds. The third kappa shape index (κ3) is 3.26. The van der Waals surface area contributed by atoms with Gasteiger partial charge in [-0.15, -0.1) is 0 Å². The van der Waals surface area contributed by atoms with Crippen molar-refractivity contribution in [1.82, 2.24) is 4.72 Å². The highest BCUT2D eigenvalue weighted by Gasteiger charge is 2.08. The number of halogens is 2. The summed E-state index contributed by atoms with van der Waals surface area (Å²) in [5.74, 6) is 0. The van der Waals surface area contributed by atoms with Crippen LogP contribution >= 0.6 is 34.2 Å². The first-order valence-corrected chi connectivity index (χ1v) is 6.55. The van der Waals surface area contributed by atoms with Crippen LogP contribution in [0.15, 0.2) is 18.2 Å². The van der Waals surface area contributed by atoms with Crippen molar-refractivity contribution in [1.29, 1.82) is 0 Å². The summed E-state index contributed by atoms with van der Waals surface area (Å²) in [4.78, 5) is 0. The van der Waals surface area contributed by atoms with Crippen LogP contribution in [0.4, 0.5) is 5.69 Å². The van der Waals surface area contributed by atoms with Gasteiger partial charge in [-0.3, -0.25) is 4.72 Å². The Kier molecular flexibility index (Phi) is 3.99. The first kappa shape index (κ1) is 12.0. The number of benzene rings is 1. The molecule has 0 saturated carbocycles. The van der Waals surface area contributed by atoms with E-state index in [0.717, 1.165) is 3.57 Å². The smallest absolute Gasteiger partial charge is 0.270 e. The fraction of sp³-hybridized carbons (Fsp3) is 0.143. The maximum Gasteiger partial charge on any atom is 0.298 e. The Labute approximate surface area is 101 Å². The van der Waals surface area contributed by atoms with Gasteiger partial charge in [0, 0.05) is 15.6 Å². The predicted octanol–water partition coefficient (Wildman–Crippen LogP) is 1.82. The van der Waals surface area contributed by atoms with Crippen molar-refractivity contribution in [3.8, 4) is 0 Å². The second kappa shape index (κ2) is 4.65. The summed E-state index contributed by atoms with van der Waals surface area (Å²) in [6.45, 7) is 0. The minimum atomic E-state index is -3.46. The molecule has 78 valence electrons. The van der Waals surface area contributed by atoms with E-state index in [4.69, 9.17) is 11.6 Å². The summed E-state index contributed by atoms with van der Waals surface area (Å²) in [6, 6.07) is 4.91. The number of rotatable bonds is 3. The molecule has 1 aromatic rings. The maximum absolute atomic E-state index is 11.1. The minimum Gasteiger partial charge on any atom is -0.270 e. The lowest BCUT2D eigenvalue weighted by atomic mass is 10.3. The van der Waals surface area contributed by atoms with Gasteiger partial charge >= 0.3 is 0 Å². The predicted molar refractivity (Wildman–Crippen MR) is 65.8 cm³/mol. The van der Waals surface area contributed by atoms with Gasteiger partial charge in [0.2, 0.25) is 0 Å². The normalized spacial score (nSPS) is 11.4. The summed E-state index contributed by atoms with van der Waals surface area (Å²) in [5.41, 5.74) is 0.504. The van der Waals surface area contributed by atoms with E-state index in [1.54, 1.807) is 18.2 Å². The highest BCUT2D eigenvalue weighted by atomic mass is 127. The Morgan fingerprint density at radius 1 is 1.43 bits per heavy atom. The molecule has 1 aromatic carbocycles. The van der Waals surface area contributed by atoms with Gasteiger partial charge in [-0.2, -0.15) is 8.42 Å². The third-order valence-corrected chi connectivity index (χ3v) is 3.60. The lowest BCUT2D eigenvalue weighted by Crippen LogP contribution is -2.26. The number of nitrogens with one attached hydrogen (secondary N) is 2. The highest BCUT2D eigenvalue weighted by Crippen LogP contribution is 2.22. The van der Waals surface area contributed by atoms with Crippen molar-refractivity contribution < 1.29 is 8.42 Å². The number of hydrogen-bond donors (Lipinski definition) is 2.